The number of thiophene rings is 1. The van der Waals surface area contributed by atoms with Gasteiger partial charge in [-0.3, -0.25) is 14.5 Å². The second-order valence-corrected chi connectivity index (χ2v) is 6.45. The third kappa shape index (κ3) is 2.14. The van der Waals surface area contributed by atoms with E-state index in [1.54, 1.807) is 11.8 Å². The molecule has 1 fully saturated rings. The molecule has 0 aliphatic carbocycles. The SMILES string of the molecule is CC1C(=O)NC(C(C)(C)C)C(=O)N1c1ccsc1. The van der Waals surface area contributed by atoms with Crippen LogP contribution in [0.4, 0.5) is 5.69 Å². The van der Waals surface area contributed by atoms with Gasteiger partial charge >= 0.3 is 0 Å². The Kier molecular flexibility index (Phi) is 3.19. The molecule has 1 aliphatic rings. The smallest absolute Gasteiger partial charge is 0.250 e. The van der Waals surface area contributed by atoms with Crippen LogP contribution in [0.5, 0.6) is 0 Å². The van der Waals surface area contributed by atoms with E-state index >= 15 is 0 Å². The van der Waals surface area contributed by atoms with E-state index in [0.717, 1.165) is 5.69 Å². The molecule has 2 atom stereocenters. The zero-order chi connectivity index (χ0) is 13.5. The molecule has 18 heavy (non-hydrogen) atoms. The molecule has 98 valence electrons. The Morgan fingerprint density at radius 1 is 1.33 bits per heavy atom. The van der Waals surface area contributed by atoms with Crippen LogP contribution in [0.2, 0.25) is 0 Å². The van der Waals surface area contributed by atoms with Crippen LogP contribution in [-0.2, 0) is 9.59 Å². The van der Waals surface area contributed by atoms with Gasteiger partial charge in [-0.05, 0) is 23.8 Å². The summed E-state index contributed by atoms with van der Waals surface area (Å²) in [7, 11) is 0. The fourth-order valence-electron chi connectivity index (χ4n) is 2.10. The van der Waals surface area contributed by atoms with E-state index in [4.69, 9.17) is 0 Å². The lowest BCUT2D eigenvalue weighted by Gasteiger charge is -2.41. The lowest BCUT2D eigenvalue weighted by Crippen LogP contribution is -2.66. The zero-order valence-electron chi connectivity index (χ0n) is 11.1. The van der Waals surface area contributed by atoms with Crippen LogP contribution >= 0.6 is 11.3 Å². The average molecular weight is 266 g/mol. The highest BCUT2D eigenvalue weighted by molar-refractivity contribution is 7.08. The molecular formula is C13H18N2O2S. The van der Waals surface area contributed by atoms with Crippen molar-refractivity contribution in [3.05, 3.63) is 16.8 Å². The summed E-state index contributed by atoms with van der Waals surface area (Å²) in [6.07, 6.45) is 0. The molecule has 5 heteroatoms. The summed E-state index contributed by atoms with van der Waals surface area (Å²) in [4.78, 5) is 26.1. The molecule has 1 aromatic rings. The van der Waals surface area contributed by atoms with Crippen LogP contribution in [0, 0.1) is 5.41 Å². The van der Waals surface area contributed by atoms with Crippen molar-refractivity contribution in [2.24, 2.45) is 5.41 Å². The van der Waals surface area contributed by atoms with Gasteiger partial charge in [-0.2, -0.15) is 11.3 Å². The first-order valence-electron chi connectivity index (χ1n) is 5.98. The zero-order valence-corrected chi connectivity index (χ0v) is 11.9. The lowest BCUT2D eigenvalue weighted by atomic mass is 9.84. The first-order valence-corrected chi connectivity index (χ1v) is 6.92. The highest BCUT2D eigenvalue weighted by Crippen LogP contribution is 2.29. The van der Waals surface area contributed by atoms with Crippen molar-refractivity contribution in [3.8, 4) is 0 Å². The second kappa shape index (κ2) is 4.39. The topological polar surface area (TPSA) is 49.4 Å². The number of anilines is 1. The number of piperazine rings is 1. The lowest BCUT2D eigenvalue weighted by molar-refractivity contribution is -0.136. The summed E-state index contributed by atoms with van der Waals surface area (Å²) in [5.74, 6) is -0.131. The van der Waals surface area contributed by atoms with E-state index in [2.05, 4.69) is 5.32 Å². The molecule has 4 nitrogen and oxygen atoms in total. The summed E-state index contributed by atoms with van der Waals surface area (Å²) in [6, 6.07) is 0.948. The molecule has 1 aliphatic heterocycles. The van der Waals surface area contributed by atoms with Crippen LogP contribution in [0.25, 0.3) is 0 Å². The van der Waals surface area contributed by atoms with Crippen molar-refractivity contribution in [2.45, 2.75) is 39.8 Å². The normalized spacial score (nSPS) is 25.2. The number of nitrogens with zero attached hydrogens (tertiary/aromatic N) is 1. The fourth-order valence-corrected chi connectivity index (χ4v) is 2.73. The van der Waals surface area contributed by atoms with Crippen molar-refractivity contribution in [1.82, 2.24) is 5.32 Å². The van der Waals surface area contributed by atoms with E-state index in [1.165, 1.54) is 11.3 Å². The van der Waals surface area contributed by atoms with Crippen LogP contribution in [-0.4, -0.2) is 23.9 Å². The van der Waals surface area contributed by atoms with Crippen molar-refractivity contribution in [3.63, 3.8) is 0 Å². The molecule has 2 amide bonds. The first kappa shape index (κ1) is 13.1. The molecule has 1 aromatic heterocycles. The standard InChI is InChI=1S/C13H18N2O2S/c1-8-11(16)14-10(13(2,3)4)12(17)15(8)9-5-6-18-7-9/h5-8,10H,1-4H3,(H,14,16). The van der Waals surface area contributed by atoms with Crippen LogP contribution in [0.1, 0.15) is 27.7 Å². The summed E-state index contributed by atoms with van der Waals surface area (Å²) in [5, 5.41) is 6.63. The molecule has 0 saturated carbocycles. The summed E-state index contributed by atoms with van der Waals surface area (Å²) >= 11 is 1.52. The monoisotopic (exact) mass is 266 g/mol. The fraction of sp³-hybridized carbons (Fsp3) is 0.538. The number of nitrogens with one attached hydrogen (secondary N) is 1. The Bertz CT molecular complexity index is 462. The number of carbonyl (C=O) groups excluding carboxylic acids is 2. The highest BCUT2D eigenvalue weighted by atomic mass is 32.1. The predicted octanol–water partition coefficient (Wildman–Crippen LogP) is 2.01. The van der Waals surface area contributed by atoms with Crippen LogP contribution in [0.3, 0.4) is 0 Å². The predicted molar refractivity (Wildman–Crippen MR) is 72.7 cm³/mol. The highest BCUT2D eigenvalue weighted by Gasteiger charge is 2.44. The molecule has 2 heterocycles. The molecule has 0 radical (unpaired) electrons. The Morgan fingerprint density at radius 3 is 2.50 bits per heavy atom. The van der Waals surface area contributed by atoms with Gasteiger partial charge in [0, 0.05) is 5.38 Å². The average Bonchev–Trinajstić information content (AvgIpc) is 2.75. The minimum Gasteiger partial charge on any atom is -0.342 e. The molecule has 0 spiro atoms. The Labute approximate surface area is 111 Å². The number of rotatable bonds is 1. The first-order chi connectivity index (χ1) is 8.32. The van der Waals surface area contributed by atoms with Gasteiger partial charge in [-0.15, -0.1) is 0 Å². The Hall–Kier alpha value is -1.36. The summed E-state index contributed by atoms with van der Waals surface area (Å²) < 4.78 is 0. The third-order valence-corrected chi connectivity index (χ3v) is 3.86. The maximum atomic E-state index is 12.5. The van der Waals surface area contributed by atoms with E-state index < -0.39 is 12.1 Å². The third-order valence-electron chi connectivity index (χ3n) is 3.19. The van der Waals surface area contributed by atoms with Gasteiger partial charge in [0.1, 0.15) is 12.1 Å². The van der Waals surface area contributed by atoms with Crippen LogP contribution in [0.15, 0.2) is 16.8 Å². The minimum absolute atomic E-state index is 0.0343. The Morgan fingerprint density at radius 2 is 2.00 bits per heavy atom. The van der Waals surface area contributed by atoms with Gasteiger partial charge in [0.2, 0.25) is 5.91 Å². The molecule has 2 rings (SSSR count). The Balaban J connectivity index is 2.38. The van der Waals surface area contributed by atoms with Gasteiger partial charge < -0.3 is 5.32 Å². The van der Waals surface area contributed by atoms with Gasteiger partial charge in [0.25, 0.3) is 5.91 Å². The van der Waals surface area contributed by atoms with E-state index in [-0.39, 0.29) is 17.2 Å². The largest absolute Gasteiger partial charge is 0.342 e. The molecule has 1 N–H and O–H groups in total. The number of amides is 2. The van der Waals surface area contributed by atoms with E-state index in [1.807, 2.05) is 37.6 Å². The molecular weight excluding hydrogens is 248 g/mol. The molecule has 0 bridgehead atoms. The van der Waals surface area contributed by atoms with Gasteiger partial charge in [0.05, 0.1) is 5.69 Å². The number of hydrogen-bond acceptors (Lipinski definition) is 3. The van der Waals surface area contributed by atoms with Crippen molar-refractivity contribution >= 4 is 28.8 Å². The van der Waals surface area contributed by atoms with Gasteiger partial charge in [-0.1, -0.05) is 20.8 Å². The summed E-state index contributed by atoms with van der Waals surface area (Å²) in [6.45, 7) is 7.62. The maximum absolute atomic E-state index is 12.5. The van der Waals surface area contributed by atoms with Gasteiger partial charge in [-0.25, -0.2) is 0 Å². The van der Waals surface area contributed by atoms with E-state index in [0.29, 0.717) is 0 Å². The molecule has 1 saturated heterocycles. The molecule has 0 aromatic carbocycles. The van der Waals surface area contributed by atoms with Crippen molar-refractivity contribution in [1.29, 1.82) is 0 Å². The molecule has 2 unspecified atom stereocenters. The quantitative estimate of drug-likeness (QED) is 0.845. The number of hydrogen-bond donors (Lipinski definition) is 1. The summed E-state index contributed by atoms with van der Waals surface area (Å²) in [5.41, 5.74) is 0.517. The van der Waals surface area contributed by atoms with Crippen molar-refractivity contribution in [2.75, 3.05) is 4.90 Å². The van der Waals surface area contributed by atoms with Crippen LogP contribution < -0.4 is 10.2 Å². The minimum atomic E-state index is -0.471. The van der Waals surface area contributed by atoms with Gasteiger partial charge in [0.15, 0.2) is 0 Å². The van der Waals surface area contributed by atoms with Crippen molar-refractivity contribution < 1.29 is 9.59 Å². The van der Waals surface area contributed by atoms with E-state index in [9.17, 15) is 9.59 Å². The second-order valence-electron chi connectivity index (χ2n) is 5.67. The number of carbonyl (C=O) groups is 2. The maximum Gasteiger partial charge on any atom is 0.250 e.